The summed E-state index contributed by atoms with van der Waals surface area (Å²) in [7, 11) is 1.66. The predicted molar refractivity (Wildman–Crippen MR) is 117 cm³/mol. The Bertz CT molecular complexity index is 812. The topological polar surface area (TPSA) is 102 Å². The van der Waals surface area contributed by atoms with E-state index in [2.05, 4.69) is 5.43 Å². The van der Waals surface area contributed by atoms with Crippen molar-refractivity contribution in [3.05, 3.63) is 42.0 Å². The first-order chi connectivity index (χ1) is 14.2. The van der Waals surface area contributed by atoms with E-state index in [-0.39, 0.29) is 29.9 Å². The van der Waals surface area contributed by atoms with Crippen molar-refractivity contribution < 1.29 is 19.6 Å². The molecule has 0 bridgehead atoms. The summed E-state index contributed by atoms with van der Waals surface area (Å²) in [6.07, 6.45) is 4.30. The third-order valence-corrected chi connectivity index (χ3v) is 5.35. The van der Waals surface area contributed by atoms with E-state index in [0.29, 0.717) is 6.42 Å². The quantitative estimate of drug-likeness (QED) is 0.313. The van der Waals surface area contributed by atoms with Crippen molar-refractivity contribution in [3.8, 4) is 0 Å². The van der Waals surface area contributed by atoms with Gasteiger partial charge >= 0.3 is 0 Å². The molecule has 1 saturated heterocycles. The van der Waals surface area contributed by atoms with E-state index in [1.807, 2.05) is 50.3 Å². The van der Waals surface area contributed by atoms with E-state index < -0.39 is 23.7 Å². The number of nitrogens with zero attached hydrogens (tertiary/aromatic N) is 2. The van der Waals surface area contributed by atoms with E-state index in [0.717, 1.165) is 10.6 Å². The average Bonchev–Trinajstić information content (AvgIpc) is 2.95. The summed E-state index contributed by atoms with van der Waals surface area (Å²) in [5.74, 6) is -2.96. The number of carbonyl (C=O) groups is 3. The van der Waals surface area contributed by atoms with Gasteiger partial charge in [-0.2, -0.15) is 5.01 Å². The highest BCUT2D eigenvalue weighted by Gasteiger charge is 2.37. The van der Waals surface area contributed by atoms with Gasteiger partial charge in [0.2, 0.25) is 11.8 Å². The van der Waals surface area contributed by atoms with Crippen LogP contribution in [0.3, 0.4) is 0 Å². The van der Waals surface area contributed by atoms with Crippen molar-refractivity contribution >= 4 is 41.1 Å². The van der Waals surface area contributed by atoms with Crippen LogP contribution in [0.2, 0.25) is 0 Å². The summed E-state index contributed by atoms with van der Waals surface area (Å²) in [5.41, 5.74) is 5.19. The Morgan fingerprint density at radius 1 is 1.20 bits per heavy atom. The van der Waals surface area contributed by atoms with Crippen molar-refractivity contribution in [2.45, 2.75) is 26.7 Å². The molecule has 1 aliphatic heterocycles. The van der Waals surface area contributed by atoms with Gasteiger partial charge in [-0.25, -0.2) is 5.48 Å². The van der Waals surface area contributed by atoms with E-state index >= 15 is 0 Å². The van der Waals surface area contributed by atoms with Gasteiger partial charge < -0.3 is 4.90 Å². The van der Waals surface area contributed by atoms with Crippen molar-refractivity contribution in [1.29, 1.82) is 0 Å². The summed E-state index contributed by atoms with van der Waals surface area (Å²) >= 11 is 5.18. The monoisotopic (exact) mass is 432 g/mol. The number of likely N-dealkylation sites (N-methyl/N-ethyl adjacent to an activating group) is 1. The molecule has 1 aliphatic rings. The predicted octanol–water partition coefficient (Wildman–Crippen LogP) is 1.96. The zero-order valence-electron chi connectivity index (χ0n) is 17.4. The molecule has 1 aromatic carbocycles. The molecule has 9 heteroatoms. The van der Waals surface area contributed by atoms with Gasteiger partial charge in [-0.05, 0) is 36.5 Å². The maximum atomic E-state index is 13.1. The Balaban J connectivity index is 2.21. The molecule has 2 atom stereocenters. The Kier molecular flexibility index (Phi) is 8.49. The molecule has 162 valence electrons. The fraction of sp³-hybridized carbons (Fsp3) is 0.429. The lowest BCUT2D eigenvalue weighted by molar-refractivity contribution is -0.143. The number of allylic oxidation sites excluding steroid dienone is 1. The Hall–Kier alpha value is -2.78. The highest BCUT2D eigenvalue weighted by atomic mass is 32.1. The summed E-state index contributed by atoms with van der Waals surface area (Å²) in [6.45, 7) is 3.95. The van der Waals surface area contributed by atoms with Crippen LogP contribution in [0.4, 0.5) is 0 Å². The van der Waals surface area contributed by atoms with E-state index in [9.17, 15) is 19.6 Å². The lowest BCUT2D eigenvalue weighted by Crippen LogP contribution is -2.51. The van der Waals surface area contributed by atoms with Crippen LogP contribution in [0.1, 0.15) is 32.3 Å². The average molecular weight is 433 g/mol. The largest absolute Gasteiger partial charge is 0.341 e. The van der Waals surface area contributed by atoms with Gasteiger partial charge in [0.15, 0.2) is 5.11 Å². The number of hydroxylamine groups is 1. The maximum absolute atomic E-state index is 13.1. The van der Waals surface area contributed by atoms with Crippen LogP contribution < -0.4 is 10.9 Å². The Morgan fingerprint density at radius 2 is 1.87 bits per heavy atom. The van der Waals surface area contributed by atoms with Crippen LogP contribution >= 0.6 is 12.2 Å². The minimum atomic E-state index is -0.818. The second kappa shape index (κ2) is 10.8. The minimum Gasteiger partial charge on any atom is -0.341 e. The van der Waals surface area contributed by atoms with Crippen molar-refractivity contribution in [2.75, 3.05) is 13.6 Å². The highest BCUT2D eigenvalue weighted by molar-refractivity contribution is 7.80. The molecule has 1 unspecified atom stereocenters. The number of hydrazine groups is 1. The molecule has 2 rings (SSSR count). The number of amides is 3. The molecule has 1 fully saturated rings. The number of benzene rings is 1. The van der Waals surface area contributed by atoms with Gasteiger partial charge in [-0.15, -0.1) is 0 Å². The summed E-state index contributed by atoms with van der Waals surface area (Å²) in [5, 5.41) is 10.5. The van der Waals surface area contributed by atoms with Gasteiger partial charge in [-0.3, -0.25) is 25.0 Å². The smallest absolute Gasteiger partial charge is 0.267 e. The molecule has 0 aromatic heterocycles. The van der Waals surface area contributed by atoms with Gasteiger partial charge in [0, 0.05) is 7.05 Å². The van der Waals surface area contributed by atoms with E-state index in [4.69, 9.17) is 12.2 Å². The third-order valence-electron chi connectivity index (χ3n) is 4.86. The Morgan fingerprint density at radius 3 is 2.40 bits per heavy atom. The van der Waals surface area contributed by atoms with Crippen molar-refractivity contribution in [3.63, 3.8) is 0 Å². The highest BCUT2D eigenvalue weighted by Crippen LogP contribution is 2.26. The number of thiocarbonyl (C=S) groups is 1. The molecule has 30 heavy (non-hydrogen) atoms. The van der Waals surface area contributed by atoms with Crippen LogP contribution in [0, 0.1) is 17.8 Å². The number of carbonyl (C=O) groups excluding carboxylic acids is 3. The zero-order valence-corrected chi connectivity index (χ0v) is 18.2. The molecule has 0 aliphatic carbocycles. The van der Waals surface area contributed by atoms with Gasteiger partial charge in [-0.1, -0.05) is 56.3 Å². The van der Waals surface area contributed by atoms with Crippen LogP contribution in [-0.2, 0) is 14.4 Å². The van der Waals surface area contributed by atoms with E-state index in [1.54, 1.807) is 23.5 Å². The summed E-state index contributed by atoms with van der Waals surface area (Å²) in [4.78, 5) is 39.1. The molecule has 0 saturated carbocycles. The first-order valence-electron chi connectivity index (χ1n) is 9.78. The minimum absolute atomic E-state index is 0.0777. The molecule has 1 aromatic rings. The normalized spacial score (nSPS) is 16.3. The third kappa shape index (κ3) is 6.11. The number of rotatable bonds is 9. The number of hydrogen-bond acceptors (Lipinski definition) is 5. The van der Waals surface area contributed by atoms with Gasteiger partial charge in [0.25, 0.3) is 5.91 Å². The zero-order chi connectivity index (χ0) is 22.3. The second-order valence-electron chi connectivity index (χ2n) is 7.71. The molecular formula is C21H28N4O4S. The van der Waals surface area contributed by atoms with Crippen molar-refractivity contribution in [2.24, 2.45) is 17.8 Å². The molecule has 0 spiro atoms. The van der Waals surface area contributed by atoms with Crippen LogP contribution in [0.25, 0.3) is 6.08 Å². The maximum Gasteiger partial charge on any atom is 0.267 e. The first-order valence-corrected chi connectivity index (χ1v) is 10.2. The SMILES string of the molecule is CC(C)C[C@@H](C(=O)NN1C(=O)CN(C)C1=S)C(C/C=C/c1ccccc1)C(=O)NO. The summed E-state index contributed by atoms with van der Waals surface area (Å²) < 4.78 is 0. The lowest BCUT2D eigenvalue weighted by atomic mass is 9.82. The molecule has 1 heterocycles. The van der Waals surface area contributed by atoms with Crippen LogP contribution in [-0.4, -0.2) is 51.5 Å². The standard InChI is InChI=1S/C21H28N4O4S/c1-14(2)12-17(19(27)22-25-18(26)13-24(3)21(25)30)16(20(28)23-29)11-7-10-15-8-5-4-6-9-15/h4-10,14,16-17,29H,11-13H2,1-3H3,(H,22,27)(H,23,28)/b10-7+/t16?,17-/m1/s1. The van der Waals surface area contributed by atoms with Gasteiger partial charge in [0.05, 0.1) is 11.8 Å². The molecule has 3 N–H and O–H groups in total. The lowest BCUT2D eigenvalue weighted by Gasteiger charge is -2.27. The molecule has 3 amide bonds. The van der Waals surface area contributed by atoms with E-state index in [1.165, 1.54) is 0 Å². The van der Waals surface area contributed by atoms with Crippen LogP contribution in [0.5, 0.6) is 0 Å². The Labute approximate surface area is 181 Å². The van der Waals surface area contributed by atoms with Crippen LogP contribution in [0.15, 0.2) is 36.4 Å². The summed E-state index contributed by atoms with van der Waals surface area (Å²) in [6, 6.07) is 9.56. The number of hydrogen-bond donors (Lipinski definition) is 3. The van der Waals surface area contributed by atoms with Crippen molar-refractivity contribution in [1.82, 2.24) is 20.8 Å². The first kappa shape index (κ1) is 23.5. The molecule has 8 nitrogen and oxygen atoms in total. The molecular weight excluding hydrogens is 404 g/mol. The fourth-order valence-corrected chi connectivity index (χ4v) is 3.55. The fourth-order valence-electron chi connectivity index (χ4n) is 3.34. The molecule has 0 radical (unpaired) electrons. The second-order valence-corrected chi connectivity index (χ2v) is 8.08. The van der Waals surface area contributed by atoms with Gasteiger partial charge in [0.1, 0.15) is 6.54 Å². The number of nitrogens with one attached hydrogen (secondary N) is 2.